The summed E-state index contributed by atoms with van der Waals surface area (Å²) < 4.78 is 17.5. The number of aromatic nitrogens is 2. The molecule has 1 aliphatic heterocycles. The molecule has 0 unspecified atom stereocenters. The summed E-state index contributed by atoms with van der Waals surface area (Å²) in [5, 5.41) is 5.45. The van der Waals surface area contributed by atoms with Gasteiger partial charge in [-0.1, -0.05) is 17.8 Å². The Hall–Kier alpha value is -3.64. The minimum absolute atomic E-state index is 0.221. The van der Waals surface area contributed by atoms with Gasteiger partial charge in [0.05, 0.1) is 11.3 Å². The van der Waals surface area contributed by atoms with Crippen molar-refractivity contribution in [1.82, 2.24) is 19.9 Å². The van der Waals surface area contributed by atoms with Crippen LogP contribution in [0.15, 0.2) is 35.0 Å². The number of likely N-dealkylation sites (tertiary alicyclic amines) is 1. The number of ether oxygens (including phenoxy) is 2. The SMILES string of the molecule is [C-]#[N+]c1ccc(COc2ccc3c(CCC4CCN(C(=O)OC(C)(C)C)CC4)noc3c2CN(C)C)cn1. The number of benzene rings is 1. The Morgan fingerprint density at radius 2 is 1.97 bits per heavy atom. The minimum Gasteiger partial charge on any atom is -0.488 e. The summed E-state index contributed by atoms with van der Waals surface area (Å²) in [4.78, 5) is 23.7. The van der Waals surface area contributed by atoms with E-state index in [1.165, 1.54) is 0 Å². The molecule has 2 aromatic heterocycles. The van der Waals surface area contributed by atoms with Gasteiger partial charge in [-0.2, -0.15) is 0 Å². The molecule has 0 saturated carbocycles. The van der Waals surface area contributed by atoms with Crippen molar-refractivity contribution >= 4 is 22.9 Å². The minimum atomic E-state index is -0.472. The third kappa shape index (κ3) is 7.01. The van der Waals surface area contributed by atoms with Crippen LogP contribution in [0.2, 0.25) is 0 Å². The average molecular weight is 520 g/mol. The molecule has 1 saturated heterocycles. The number of carbonyl (C=O) groups excluding carboxylic acids is 1. The van der Waals surface area contributed by atoms with E-state index in [9.17, 15) is 4.79 Å². The highest BCUT2D eigenvalue weighted by Gasteiger charge is 2.27. The van der Waals surface area contributed by atoms with Gasteiger partial charge in [0, 0.05) is 30.6 Å². The van der Waals surface area contributed by atoms with Crippen molar-refractivity contribution in [3.05, 3.63) is 58.7 Å². The smallest absolute Gasteiger partial charge is 0.410 e. The van der Waals surface area contributed by atoms with Gasteiger partial charge in [0.25, 0.3) is 5.82 Å². The topological polar surface area (TPSA) is 85.3 Å². The van der Waals surface area contributed by atoms with Crippen LogP contribution in [-0.2, 0) is 24.3 Å². The van der Waals surface area contributed by atoms with Crippen LogP contribution < -0.4 is 4.74 Å². The first-order valence-electron chi connectivity index (χ1n) is 13.1. The first-order chi connectivity index (χ1) is 18.1. The van der Waals surface area contributed by atoms with E-state index in [-0.39, 0.29) is 6.09 Å². The fourth-order valence-corrected chi connectivity index (χ4v) is 4.67. The van der Waals surface area contributed by atoms with Crippen LogP contribution >= 0.6 is 0 Å². The molecular weight excluding hydrogens is 482 g/mol. The number of aryl methyl sites for hydroxylation is 1. The third-order valence-electron chi connectivity index (χ3n) is 6.62. The molecule has 38 heavy (non-hydrogen) atoms. The van der Waals surface area contributed by atoms with Crippen LogP contribution in [0.1, 0.15) is 56.9 Å². The summed E-state index contributed by atoms with van der Waals surface area (Å²) in [7, 11) is 4.02. The van der Waals surface area contributed by atoms with Crippen LogP contribution in [0.5, 0.6) is 5.75 Å². The third-order valence-corrected chi connectivity index (χ3v) is 6.62. The van der Waals surface area contributed by atoms with Gasteiger partial charge in [0.15, 0.2) is 5.58 Å². The van der Waals surface area contributed by atoms with E-state index in [2.05, 4.69) is 19.9 Å². The van der Waals surface area contributed by atoms with Crippen molar-refractivity contribution < 1.29 is 18.8 Å². The zero-order valence-corrected chi connectivity index (χ0v) is 23.0. The zero-order chi connectivity index (χ0) is 27.3. The van der Waals surface area contributed by atoms with E-state index in [0.717, 1.165) is 72.3 Å². The van der Waals surface area contributed by atoms with Gasteiger partial charge in [-0.3, -0.25) is 0 Å². The van der Waals surface area contributed by atoms with Gasteiger partial charge in [-0.15, -0.1) is 4.98 Å². The van der Waals surface area contributed by atoms with Gasteiger partial charge >= 0.3 is 6.09 Å². The number of piperidine rings is 1. The summed E-state index contributed by atoms with van der Waals surface area (Å²) >= 11 is 0. The predicted molar refractivity (Wildman–Crippen MR) is 145 cm³/mol. The van der Waals surface area contributed by atoms with Crippen LogP contribution in [0.25, 0.3) is 15.8 Å². The molecule has 0 bridgehead atoms. The first-order valence-corrected chi connectivity index (χ1v) is 13.1. The number of carbonyl (C=O) groups is 1. The Bertz CT molecular complexity index is 1280. The van der Waals surface area contributed by atoms with Gasteiger partial charge < -0.3 is 28.6 Å². The first kappa shape index (κ1) is 27.4. The molecule has 1 fully saturated rings. The van der Waals surface area contributed by atoms with E-state index in [1.54, 1.807) is 12.3 Å². The van der Waals surface area contributed by atoms with Crippen LogP contribution in [0.3, 0.4) is 0 Å². The quantitative estimate of drug-likeness (QED) is 0.338. The molecule has 9 nitrogen and oxygen atoms in total. The highest BCUT2D eigenvalue weighted by atomic mass is 16.6. The van der Waals surface area contributed by atoms with Crippen LogP contribution in [0.4, 0.5) is 10.6 Å². The monoisotopic (exact) mass is 519 g/mol. The summed E-state index contributed by atoms with van der Waals surface area (Å²) in [6, 6.07) is 7.57. The van der Waals surface area contributed by atoms with E-state index < -0.39 is 5.60 Å². The fourth-order valence-electron chi connectivity index (χ4n) is 4.67. The summed E-state index contributed by atoms with van der Waals surface area (Å²) in [6.07, 6.45) is 5.20. The Morgan fingerprint density at radius 1 is 1.21 bits per heavy atom. The van der Waals surface area contributed by atoms with Crippen molar-refractivity contribution in [2.75, 3.05) is 27.2 Å². The number of fused-ring (bicyclic) bond motifs is 1. The van der Waals surface area contributed by atoms with Gasteiger partial charge in [0.2, 0.25) is 0 Å². The molecule has 1 aromatic carbocycles. The molecule has 3 heterocycles. The predicted octanol–water partition coefficient (Wildman–Crippen LogP) is 5.99. The molecule has 0 N–H and O–H groups in total. The van der Waals surface area contributed by atoms with E-state index in [0.29, 0.717) is 24.9 Å². The number of nitrogens with zero attached hydrogens (tertiary/aromatic N) is 5. The molecule has 9 heteroatoms. The molecule has 1 aliphatic rings. The van der Waals surface area contributed by atoms with E-state index >= 15 is 0 Å². The molecule has 0 aliphatic carbocycles. The van der Waals surface area contributed by atoms with Crippen LogP contribution in [0, 0.1) is 12.5 Å². The van der Waals surface area contributed by atoms with Crippen molar-refractivity contribution in [2.45, 2.75) is 65.2 Å². The molecule has 0 radical (unpaired) electrons. The molecular formula is C29H37N5O4. The van der Waals surface area contributed by atoms with Crippen molar-refractivity contribution in [2.24, 2.45) is 5.92 Å². The highest BCUT2D eigenvalue weighted by Crippen LogP contribution is 2.33. The highest BCUT2D eigenvalue weighted by molar-refractivity contribution is 5.84. The van der Waals surface area contributed by atoms with Gasteiger partial charge in [-0.05, 0) is 84.7 Å². The lowest BCUT2D eigenvalue weighted by Crippen LogP contribution is -2.41. The van der Waals surface area contributed by atoms with E-state index in [1.807, 2.05) is 58.0 Å². The van der Waals surface area contributed by atoms with E-state index in [4.69, 9.17) is 20.6 Å². The number of hydrogen-bond acceptors (Lipinski definition) is 7. The lowest BCUT2D eigenvalue weighted by Gasteiger charge is -2.33. The number of hydrogen-bond donors (Lipinski definition) is 0. The Kier molecular flexibility index (Phi) is 8.52. The van der Waals surface area contributed by atoms with Crippen LogP contribution in [-0.4, -0.2) is 58.8 Å². The Labute approximate surface area is 224 Å². The number of amides is 1. The molecule has 1 amide bonds. The van der Waals surface area contributed by atoms with Crippen molar-refractivity contribution in [3.63, 3.8) is 0 Å². The Morgan fingerprint density at radius 3 is 2.61 bits per heavy atom. The summed E-state index contributed by atoms with van der Waals surface area (Å²) in [6.45, 7) is 15.2. The standard InChI is InChI=1S/C29H37N5O4/c1-29(2,3)37-28(35)34-15-13-20(14-16-34)7-10-24-22-9-11-25(23(18-33(5)6)27(22)38-32-24)36-19-21-8-12-26(30-4)31-17-21/h8-9,11-12,17,20H,7,10,13-16,18-19H2,1-3,5-6H3. The second-order valence-corrected chi connectivity index (χ2v) is 11.2. The van der Waals surface area contributed by atoms with Gasteiger partial charge in [-0.25, -0.2) is 4.79 Å². The largest absolute Gasteiger partial charge is 0.488 e. The normalized spacial score (nSPS) is 14.6. The maximum absolute atomic E-state index is 12.4. The fraction of sp³-hybridized carbons (Fsp3) is 0.517. The Balaban J connectivity index is 1.40. The second-order valence-electron chi connectivity index (χ2n) is 11.2. The molecule has 0 atom stereocenters. The maximum atomic E-state index is 12.4. The number of rotatable bonds is 8. The molecule has 0 spiro atoms. The van der Waals surface area contributed by atoms with Crippen molar-refractivity contribution in [1.29, 1.82) is 0 Å². The number of pyridine rings is 1. The zero-order valence-electron chi connectivity index (χ0n) is 23.0. The maximum Gasteiger partial charge on any atom is 0.410 e. The molecule has 4 rings (SSSR count). The average Bonchev–Trinajstić information content (AvgIpc) is 3.29. The summed E-state index contributed by atoms with van der Waals surface area (Å²) in [5.74, 6) is 1.65. The van der Waals surface area contributed by atoms with Gasteiger partial charge in [0.1, 0.15) is 24.2 Å². The second kappa shape index (κ2) is 11.8. The lowest BCUT2D eigenvalue weighted by atomic mass is 9.91. The summed E-state index contributed by atoms with van der Waals surface area (Å²) in [5.41, 5.74) is 3.10. The van der Waals surface area contributed by atoms with Crippen molar-refractivity contribution in [3.8, 4) is 5.75 Å². The molecule has 3 aromatic rings. The lowest BCUT2D eigenvalue weighted by molar-refractivity contribution is 0.0181. The molecule has 202 valence electrons.